The van der Waals surface area contributed by atoms with Gasteiger partial charge in [-0.1, -0.05) is 0 Å². The van der Waals surface area contributed by atoms with E-state index in [0.717, 1.165) is 30.8 Å². The van der Waals surface area contributed by atoms with Gasteiger partial charge in [0.2, 0.25) is 0 Å². The highest BCUT2D eigenvalue weighted by atomic mass is 32.1. The van der Waals surface area contributed by atoms with Crippen molar-refractivity contribution in [3.63, 3.8) is 0 Å². The van der Waals surface area contributed by atoms with Crippen LogP contribution in [0.2, 0.25) is 0 Å². The zero-order valence-corrected chi connectivity index (χ0v) is 16.0. The highest BCUT2D eigenvalue weighted by molar-refractivity contribution is 7.17. The topological polar surface area (TPSA) is 84.5 Å². The highest BCUT2D eigenvalue weighted by Crippen LogP contribution is 2.36. The number of thiazole rings is 1. The molecule has 0 aliphatic carbocycles. The molecule has 144 valence electrons. The van der Waals surface area contributed by atoms with E-state index in [1.165, 1.54) is 26.5 Å². The number of hydrogen-bond acceptors (Lipinski definition) is 6. The number of piperidine rings is 1. The van der Waals surface area contributed by atoms with Crippen molar-refractivity contribution in [2.45, 2.75) is 18.8 Å². The van der Waals surface area contributed by atoms with Crippen LogP contribution in [0.4, 0.5) is 4.39 Å². The summed E-state index contributed by atoms with van der Waals surface area (Å²) in [5.41, 5.74) is 0.286. The van der Waals surface area contributed by atoms with Gasteiger partial charge >= 0.3 is 0 Å². The number of aromatic hydroxyl groups is 1. The summed E-state index contributed by atoms with van der Waals surface area (Å²) in [5.74, 6) is -0.942. The molecule has 28 heavy (non-hydrogen) atoms. The molecule has 7 nitrogen and oxygen atoms in total. The van der Waals surface area contributed by atoms with E-state index in [4.69, 9.17) is 0 Å². The van der Waals surface area contributed by atoms with Gasteiger partial charge in [-0.2, -0.15) is 5.10 Å². The third-order valence-corrected chi connectivity index (χ3v) is 6.38. The molecule has 4 heterocycles. The number of phenolic OH excluding ortho intramolecular Hbond substituents is 1. The van der Waals surface area contributed by atoms with E-state index in [1.807, 2.05) is 6.20 Å². The predicted octanol–water partition coefficient (Wildman–Crippen LogP) is 2.62. The molecule has 1 aliphatic rings. The van der Waals surface area contributed by atoms with Gasteiger partial charge in [-0.25, -0.2) is 9.37 Å². The fourth-order valence-electron chi connectivity index (χ4n) is 3.79. The van der Waals surface area contributed by atoms with Gasteiger partial charge < -0.3 is 10.4 Å². The Morgan fingerprint density at radius 1 is 1.29 bits per heavy atom. The van der Waals surface area contributed by atoms with Crippen molar-refractivity contribution in [1.82, 2.24) is 24.5 Å². The fourth-order valence-corrected chi connectivity index (χ4v) is 4.94. The average molecular weight is 399 g/mol. The number of fused-ring (bicyclic) bond motifs is 2. The van der Waals surface area contributed by atoms with Crippen molar-refractivity contribution < 1.29 is 9.50 Å². The van der Waals surface area contributed by atoms with Gasteiger partial charge in [-0.15, -0.1) is 11.3 Å². The molecular weight excluding hydrogens is 381 g/mol. The van der Waals surface area contributed by atoms with E-state index < -0.39 is 11.6 Å². The summed E-state index contributed by atoms with van der Waals surface area (Å²) in [6.07, 6.45) is 5.57. The molecular formula is C19H18FN5O2S. The van der Waals surface area contributed by atoms with Crippen LogP contribution in [0.25, 0.3) is 27.1 Å². The third-order valence-electron chi connectivity index (χ3n) is 5.23. The van der Waals surface area contributed by atoms with Crippen LogP contribution in [0.1, 0.15) is 23.6 Å². The Bertz CT molecular complexity index is 1270. The normalized spacial score (nSPS) is 15.6. The summed E-state index contributed by atoms with van der Waals surface area (Å²) in [5, 5.41) is 18.3. The van der Waals surface area contributed by atoms with Crippen molar-refractivity contribution in [1.29, 1.82) is 0 Å². The number of benzene rings is 1. The maximum Gasteiger partial charge on any atom is 0.259 e. The lowest BCUT2D eigenvalue weighted by atomic mass is 9.97. The van der Waals surface area contributed by atoms with Crippen LogP contribution in [0.3, 0.4) is 0 Å². The summed E-state index contributed by atoms with van der Waals surface area (Å²) in [7, 11) is 1.68. The molecule has 0 radical (unpaired) electrons. The molecule has 9 heteroatoms. The Morgan fingerprint density at radius 3 is 2.86 bits per heavy atom. The third kappa shape index (κ3) is 2.70. The highest BCUT2D eigenvalue weighted by Gasteiger charge is 2.21. The van der Waals surface area contributed by atoms with Crippen LogP contribution in [0.15, 0.2) is 29.3 Å². The SMILES string of the molecule is Cn1cc2cc(-c3cc(=O)n4cc(C5CCNCC5)sc4n3)c(O)c(F)c2n1. The molecule has 0 amide bonds. The maximum absolute atomic E-state index is 14.6. The molecule has 1 saturated heterocycles. The number of hydrogen-bond donors (Lipinski definition) is 2. The average Bonchev–Trinajstić information content (AvgIpc) is 3.29. The Hall–Kier alpha value is -2.78. The van der Waals surface area contributed by atoms with Gasteiger partial charge in [-0.3, -0.25) is 13.9 Å². The minimum Gasteiger partial charge on any atom is -0.504 e. The molecule has 1 fully saturated rings. The Morgan fingerprint density at radius 2 is 2.07 bits per heavy atom. The van der Waals surface area contributed by atoms with Crippen molar-refractivity contribution >= 4 is 27.2 Å². The zero-order valence-electron chi connectivity index (χ0n) is 15.1. The maximum atomic E-state index is 14.6. The second-order valence-corrected chi connectivity index (χ2v) is 8.16. The first-order valence-corrected chi connectivity index (χ1v) is 9.92. The molecule has 1 aromatic carbocycles. The van der Waals surface area contributed by atoms with E-state index in [9.17, 15) is 14.3 Å². The van der Waals surface area contributed by atoms with Crippen LogP contribution in [0.5, 0.6) is 5.75 Å². The second kappa shape index (κ2) is 6.39. The van der Waals surface area contributed by atoms with E-state index in [2.05, 4.69) is 15.4 Å². The van der Waals surface area contributed by atoms with Gasteiger partial charge in [0.15, 0.2) is 16.5 Å². The molecule has 0 spiro atoms. The number of halogens is 1. The van der Waals surface area contributed by atoms with Crippen LogP contribution in [-0.4, -0.2) is 37.4 Å². The van der Waals surface area contributed by atoms with Gasteiger partial charge in [0.25, 0.3) is 5.56 Å². The molecule has 2 N–H and O–H groups in total. The second-order valence-electron chi connectivity index (χ2n) is 7.12. The first kappa shape index (κ1) is 17.3. The molecule has 0 atom stereocenters. The first-order valence-electron chi connectivity index (χ1n) is 9.10. The summed E-state index contributed by atoms with van der Waals surface area (Å²) in [6.45, 7) is 1.93. The van der Waals surface area contributed by atoms with Crippen LogP contribution in [0, 0.1) is 5.82 Å². The van der Waals surface area contributed by atoms with Crippen molar-refractivity contribution in [3.05, 3.63) is 45.6 Å². The van der Waals surface area contributed by atoms with E-state index >= 15 is 0 Å². The molecule has 4 aromatic rings. The van der Waals surface area contributed by atoms with Crippen LogP contribution < -0.4 is 10.9 Å². The van der Waals surface area contributed by atoms with Gasteiger partial charge in [-0.05, 0) is 37.9 Å². The van der Waals surface area contributed by atoms with E-state index in [1.54, 1.807) is 19.3 Å². The van der Waals surface area contributed by atoms with Crippen LogP contribution >= 0.6 is 11.3 Å². The smallest absolute Gasteiger partial charge is 0.259 e. The lowest BCUT2D eigenvalue weighted by molar-refractivity contribution is 0.437. The Labute approximate surface area is 163 Å². The number of nitrogens with zero attached hydrogens (tertiary/aromatic N) is 4. The van der Waals surface area contributed by atoms with Crippen LogP contribution in [-0.2, 0) is 7.05 Å². The number of nitrogens with one attached hydrogen (secondary N) is 1. The molecule has 0 bridgehead atoms. The standard InChI is InChI=1S/C19H18FN5O2S/c1-24-8-11-6-12(18(27)16(20)17(11)23-24)13-7-15(26)25-9-14(28-19(25)22-13)10-2-4-21-5-3-10/h6-10,21,27H,2-5H2,1H3. The number of aryl methyl sites for hydroxylation is 1. The number of aromatic nitrogens is 4. The van der Waals surface area contributed by atoms with Crippen molar-refractivity contribution in [2.75, 3.05) is 13.1 Å². The summed E-state index contributed by atoms with van der Waals surface area (Å²) in [6, 6.07) is 2.95. The lowest BCUT2D eigenvalue weighted by Gasteiger charge is -2.20. The molecule has 5 rings (SSSR count). The first-order chi connectivity index (χ1) is 13.5. The summed E-state index contributed by atoms with van der Waals surface area (Å²) in [4.78, 5) is 18.9. The summed E-state index contributed by atoms with van der Waals surface area (Å²) < 4.78 is 17.6. The van der Waals surface area contributed by atoms with E-state index in [0.29, 0.717) is 16.3 Å². The summed E-state index contributed by atoms with van der Waals surface area (Å²) >= 11 is 1.48. The van der Waals surface area contributed by atoms with Gasteiger partial charge in [0, 0.05) is 41.3 Å². The quantitative estimate of drug-likeness (QED) is 0.541. The molecule has 0 unspecified atom stereocenters. The van der Waals surface area contributed by atoms with Crippen molar-refractivity contribution in [3.8, 4) is 17.0 Å². The molecule has 3 aromatic heterocycles. The number of phenols is 1. The Kier molecular flexibility index (Phi) is 3.95. The largest absolute Gasteiger partial charge is 0.504 e. The fraction of sp³-hybridized carbons (Fsp3) is 0.316. The van der Waals surface area contributed by atoms with Gasteiger partial charge in [0.1, 0.15) is 5.52 Å². The minimum atomic E-state index is -0.809. The lowest BCUT2D eigenvalue weighted by Crippen LogP contribution is -2.26. The minimum absolute atomic E-state index is 0.0888. The Balaban J connectivity index is 1.66. The monoisotopic (exact) mass is 399 g/mol. The molecule has 1 aliphatic heterocycles. The van der Waals surface area contributed by atoms with Crippen molar-refractivity contribution in [2.24, 2.45) is 7.05 Å². The van der Waals surface area contributed by atoms with Gasteiger partial charge in [0.05, 0.1) is 5.69 Å². The predicted molar refractivity (Wildman–Crippen MR) is 106 cm³/mol. The number of rotatable bonds is 2. The molecule has 0 saturated carbocycles. The zero-order chi connectivity index (χ0) is 19.4. The van der Waals surface area contributed by atoms with E-state index in [-0.39, 0.29) is 22.3 Å².